The lowest BCUT2D eigenvalue weighted by Crippen LogP contribution is -2.52. The van der Waals surface area contributed by atoms with Gasteiger partial charge in [0.2, 0.25) is 11.9 Å². The molecule has 7 aliphatic heterocycles. The number of hydrogen-bond donors (Lipinski definition) is 8. The van der Waals surface area contributed by atoms with Crippen LogP contribution in [-0.4, -0.2) is 149 Å². The first-order chi connectivity index (χ1) is 21.7. The van der Waals surface area contributed by atoms with E-state index >= 15 is 0 Å². The molecule has 8 N–H and O–H groups in total. The fourth-order valence-electron chi connectivity index (χ4n) is 5.56. The number of nitrogens with one attached hydrogen (secondary N) is 4. The summed E-state index contributed by atoms with van der Waals surface area (Å²) in [6, 6.07) is -2.08. The number of carbonyl (C=O) groups excluding carboxylic acids is 2. The van der Waals surface area contributed by atoms with Crippen LogP contribution in [0.5, 0.6) is 0 Å². The van der Waals surface area contributed by atoms with E-state index < -0.39 is 94.9 Å². The van der Waals surface area contributed by atoms with Crippen molar-refractivity contribution in [2.75, 3.05) is 13.2 Å². The van der Waals surface area contributed by atoms with Crippen molar-refractivity contribution in [3.05, 3.63) is 0 Å². The summed E-state index contributed by atoms with van der Waals surface area (Å²) in [5, 5.41) is 39.3. The molecule has 0 radical (unpaired) electrons. The maximum absolute atomic E-state index is 12.4. The number of amides is 2. The maximum atomic E-state index is 12.4. The number of guanidine groups is 2. The minimum absolute atomic E-state index is 0.0973. The number of aliphatic imine (C=N–C) groups is 4. The second kappa shape index (κ2) is 12.0. The monoisotopic (exact) mass is 754 g/mol. The van der Waals surface area contributed by atoms with Gasteiger partial charge in [0.1, 0.15) is 34.6 Å². The normalized spacial score (nSPS) is 45.6. The summed E-state index contributed by atoms with van der Waals surface area (Å²) in [6.45, 7) is -9.05. The fourth-order valence-corrected chi connectivity index (χ4v) is 11.8. The van der Waals surface area contributed by atoms with E-state index in [2.05, 4.69) is 30.6 Å². The maximum Gasteiger partial charge on any atom is 0.325 e. The van der Waals surface area contributed by atoms with Gasteiger partial charge in [0.05, 0.1) is 48.6 Å². The fraction of sp³-hybridized carbons (Fsp3) is 0.600. The molecular weight excluding hydrogens is 730 g/mol. The SMILES string of the molecule is N=C1N=C2C(N=CN2[C@@H]2S[C@@H]3COP(O)(=S)O[C@@H]4[C@H](O)[C@@H](COP(O)(=S)O[C@@H]2[C@@H]3O)S[C@H]4N2C=NC3C(=O)NC(=N)N=C32)C(=O)N1. The highest BCUT2D eigenvalue weighted by Gasteiger charge is 2.55. The Bertz CT molecular complexity index is 1520. The lowest BCUT2D eigenvalue weighted by molar-refractivity contribution is -0.120. The number of aliphatic hydroxyl groups excluding tert-OH is 2. The molecule has 0 aromatic heterocycles. The molecule has 12 atom stereocenters. The Kier molecular flexibility index (Phi) is 8.54. The first kappa shape index (κ1) is 32.8. The molecule has 0 aromatic carbocycles. The molecule has 7 rings (SSSR count). The van der Waals surface area contributed by atoms with Crippen LogP contribution in [0.25, 0.3) is 0 Å². The summed E-state index contributed by atoms with van der Waals surface area (Å²) in [5.74, 6) is -1.76. The first-order valence-electron chi connectivity index (χ1n) is 13.3. The standard InChI is InChI=1S/C20H24N10O10P2S4/c21-19-25-13-7(15(33)27-19)23-3-29(13)17-11-9(31)5(45-17)1-37-41(35,43)39-12-10(32)6(2-38-42(36,44)40-11)46-18(12)30-4-24-8-14(30)26-20(22)28-16(8)34/h3-12,17-18,31-32H,1-2H2,(H,35,43)(H,36,44)(H2,21,27,33)(H2,22,28,34)/t5-,6-,7?,8?,9-,10-,11-,12-,17-,18-,41?,42?/m1/s1. The number of rotatable bonds is 2. The number of carbonyl (C=O) groups is 2. The predicted octanol–water partition coefficient (Wildman–Crippen LogP) is -2.81. The summed E-state index contributed by atoms with van der Waals surface area (Å²) in [6.07, 6.45) is -2.70. The minimum Gasteiger partial charge on any atom is -0.389 e. The molecule has 7 aliphatic rings. The largest absolute Gasteiger partial charge is 0.389 e. The zero-order valence-electron chi connectivity index (χ0n) is 22.8. The van der Waals surface area contributed by atoms with Crippen LogP contribution in [0.1, 0.15) is 0 Å². The van der Waals surface area contributed by atoms with Crippen molar-refractivity contribution in [1.29, 1.82) is 10.8 Å². The smallest absolute Gasteiger partial charge is 0.325 e. The lowest BCUT2D eigenvalue weighted by Gasteiger charge is -2.32. The number of aliphatic hydroxyl groups is 2. The molecule has 4 bridgehead atoms. The van der Waals surface area contributed by atoms with Gasteiger partial charge in [0, 0.05) is 0 Å². The summed E-state index contributed by atoms with van der Waals surface area (Å²) in [5.41, 5.74) is 0. The Morgan fingerprint density at radius 3 is 1.59 bits per heavy atom. The Hall–Kier alpha value is -1.76. The average molecular weight is 755 g/mol. The van der Waals surface area contributed by atoms with E-state index in [4.69, 9.17) is 52.5 Å². The van der Waals surface area contributed by atoms with Crippen molar-refractivity contribution in [1.82, 2.24) is 20.4 Å². The summed E-state index contributed by atoms with van der Waals surface area (Å²) in [7, 11) is 0. The van der Waals surface area contributed by atoms with E-state index in [0.29, 0.717) is 0 Å². The lowest BCUT2D eigenvalue weighted by atomic mass is 10.1. The Morgan fingerprint density at radius 2 is 1.20 bits per heavy atom. The van der Waals surface area contributed by atoms with E-state index in [1.165, 1.54) is 22.5 Å². The van der Waals surface area contributed by atoms with Gasteiger partial charge in [-0.1, -0.05) is 0 Å². The van der Waals surface area contributed by atoms with Crippen molar-refractivity contribution in [2.45, 2.75) is 57.7 Å². The van der Waals surface area contributed by atoms with Crippen LogP contribution in [0.2, 0.25) is 0 Å². The topological polar surface area (TPSA) is 280 Å². The summed E-state index contributed by atoms with van der Waals surface area (Å²) in [4.78, 5) is 66.4. The molecular formula is C20H24N10O10P2S4. The van der Waals surface area contributed by atoms with Crippen LogP contribution in [0.4, 0.5) is 0 Å². The molecule has 3 fully saturated rings. The van der Waals surface area contributed by atoms with Crippen molar-refractivity contribution >= 4 is 109 Å². The zero-order chi connectivity index (χ0) is 32.7. The Labute approximate surface area is 277 Å². The van der Waals surface area contributed by atoms with E-state index in [0.717, 1.165) is 23.5 Å². The second-order valence-corrected chi connectivity index (χ2v) is 18.8. The molecule has 26 heteroatoms. The number of hydrogen-bond acceptors (Lipinski definition) is 18. The van der Waals surface area contributed by atoms with Gasteiger partial charge < -0.3 is 38.8 Å². The molecule has 0 aliphatic carbocycles. The third-order valence-electron chi connectivity index (χ3n) is 7.62. The molecule has 248 valence electrons. The Balaban J connectivity index is 1.17. The first-order valence-corrected chi connectivity index (χ1v) is 20.4. The molecule has 7 heterocycles. The highest BCUT2D eigenvalue weighted by molar-refractivity contribution is 8.07. The average Bonchev–Trinajstić information content (AvgIpc) is 3.72. The molecule has 0 aromatic rings. The van der Waals surface area contributed by atoms with Gasteiger partial charge in [0.25, 0.3) is 11.8 Å². The van der Waals surface area contributed by atoms with Gasteiger partial charge in [0.15, 0.2) is 12.1 Å². The highest BCUT2D eigenvalue weighted by Crippen LogP contribution is 2.56. The number of thioether (sulfide) groups is 2. The molecule has 3 saturated heterocycles. The van der Waals surface area contributed by atoms with Crippen LogP contribution >= 0.6 is 37.0 Å². The quantitative estimate of drug-likeness (QED) is 0.132. The van der Waals surface area contributed by atoms with E-state index in [1.54, 1.807) is 0 Å². The van der Waals surface area contributed by atoms with Crippen LogP contribution in [-0.2, 0) is 51.3 Å². The van der Waals surface area contributed by atoms with Crippen LogP contribution in [0.3, 0.4) is 0 Å². The third-order valence-corrected chi connectivity index (χ3v) is 13.8. The summed E-state index contributed by atoms with van der Waals surface area (Å²) < 4.78 is 23.0. The van der Waals surface area contributed by atoms with Gasteiger partial charge in [-0.05, 0) is 23.6 Å². The predicted molar refractivity (Wildman–Crippen MR) is 172 cm³/mol. The molecule has 20 nitrogen and oxygen atoms in total. The van der Waals surface area contributed by atoms with Gasteiger partial charge in [-0.3, -0.25) is 50.1 Å². The Morgan fingerprint density at radius 1 is 0.804 bits per heavy atom. The van der Waals surface area contributed by atoms with Gasteiger partial charge >= 0.3 is 13.4 Å². The van der Waals surface area contributed by atoms with E-state index in [9.17, 15) is 29.6 Å². The molecule has 46 heavy (non-hydrogen) atoms. The van der Waals surface area contributed by atoms with Crippen molar-refractivity contribution in [3.63, 3.8) is 0 Å². The zero-order valence-corrected chi connectivity index (χ0v) is 27.8. The van der Waals surface area contributed by atoms with Crippen LogP contribution in [0.15, 0.2) is 20.0 Å². The van der Waals surface area contributed by atoms with Crippen LogP contribution in [0, 0.1) is 10.8 Å². The van der Waals surface area contributed by atoms with Gasteiger partial charge in [-0.2, -0.15) is 9.98 Å². The van der Waals surface area contributed by atoms with Gasteiger partial charge in [-0.15, -0.1) is 23.5 Å². The van der Waals surface area contributed by atoms with E-state index in [1.807, 2.05) is 0 Å². The molecule has 2 amide bonds. The number of nitrogens with zero attached hydrogens (tertiary/aromatic N) is 6. The molecule has 0 saturated carbocycles. The highest BCUT2D eigenvalue weighted by atomic mass is 32.5. The van der Waals surface area contributed by atoms with Gasteiger partial charge in [-0.25, -0.2) is 0 Å². The molecule has 0 spiro atoms. The number of fused-ring (bicyclic) bond motifs is 6. The van der Waals surface area contributed by atoms with E-state index in [-0.39, 0.29) is 24.9 Å². The van der Waals surface area contributed by atoms with Crippen LogP contribution < -0.4 is 10.6 Å². The molecule has 4 unspecified atom stereocenters. The van der Waals surface area contributed by atoms with Crippen molar-refractivity contribution in [2.24, 2.45) is 20.0 Å². The number of amidine groups is 2. The minimum atomic E-state index is -4.14. The summed E-state index contributed by atoms with van der Waals surface area (Å²) >= 11 is 12.8. The van der Waals surface area contributed by atoms with Crippen molar-refractivity contribution in [3.8, 4) is 0 Å². The second-order valence-electron chi connectivity index (χ2n) is 10.5. The van der Waals surface area contributed by atoms with Crippen molar-refractivity contribution < 1.29 is 47.7 Å². The third kappa shape index (κ3) is 5.91.